The molecule has 4 rings (SSSR count). The number of hydrogen-bond donors (Lipinski definition) is 2. The van der Waals surface area contributed by atoms with Crippen LogP contribution in [0, 0.1) is 5.92 Å². The van der Waals surface area contributed by atoms with Gasteiger partial charge in [0.15, 0.2) is 0 Å². The first-order valence-corrected chi connectivity index (χ1v) is 12.6. The van der Waals surface area contributed by atoms with Crippen molar-refractivity contribution in [1.29, 1.82) is 0 Å². The number of ether oxygens (including phenoxy) is 1. The Balaban J connectivity index is 1.51. The van der Waals surface area contributed by atoms with Crippen LogP contribution in [0.1, 0.15) is 59.8 Å². The van der Waals surface area contributed by atoms with Crippen molar-refractivity contribution in [3.63, 3.8) is 0 Å². The van der Waals surface area contributed by atoms with Crippen LogP contribution in [-0.4, -0.2) is 71.1 Å². The Hall–Kier alpha value is -2.92. The van der Waals surface area contributed by atoms with Crippen molar-refractivity contribution in [3.05, 3.63) is 36.3 Å². The van der Waals surface area contributed by atoms with Crippen molar-refractivity contribution in [3.8, 4) is 11.3 Å². The summed E-state index contributed by atoms with van der Waals surface area (Å²) >= 11 is 0. The lowest BCUT2D eigenvalue weighted by Gasteiger charge is -2.32. The van der Waals surface area contributed by atoms with Crippen LogP contribution in [0.25, 0.3) is 11.3 Å². The van der Waals surface area contributed by atoms with Gasteiger partial charge >= 0.3 is 13.2 Å². The maximum absolute atomic E-state index is 14.5. The van der Waals surface area contributed by atoms with E-state index in [2.05, 4.69) is 20.0 Å². The maximum Gasteiger partial charge on any atom is 0.494 e. The summed E-state index contributed by atoms with van der Waals surface area (Å²) in [7, 11) is 0.781. The summed E-state index contributed by atoms with van der Waals surface area (Å²) in [6.45, 7) is 11.6. The molecule has 0 unspecified atom stereocenters. The van der Waals surface area contributed by atoms with E-state index in [9.17, 15) is 14.0 Å². The Labute approximate surface area is 217 Å². The van der Waals surface area contributed by atoms with Gasteiger partial charge in [-0.15, -0.1) is 0 Å². The van der Waals surface area contributed by atoms with Crippen molar-refractivity contribution >= 4 is 24.6 Å². The molecule has 2 aromatic rings. The quantitative estimate of drug-likeness (QED) is 0.573. The molecule has 37 heavy (non-hydrogen) atoms. The molecule has 1 aromatic heterocycles. The minimum absolute atomic E-state index is 0.0611. The predicted octanol–water partition coefficient (Wildman–Crippen LogP) is 3.37. The van der Waals surface area contributed by atoms with Crippen molar-refractivity contribution in [2.75, 3.05) is 13.7 Å². The van der Waals surface area contributed by atoms with Crippen molar-refractivity contribution in [1.82, 2.24) is 20.2 Å². The number of carbonyl (C=O) groups is 2. The predicted molar refractivity (Wildman–Crippen MR) is 138 cm³/mol. The summed E-state index contributed by atoms with van der Waals surface area (Å²) in [5.41, 5.74) is 1.70. The lowest BCUT2D eigenvalue weighted by atomic mass is 9.79. The zero-order valence-electron chi connectivity index (χ0n) is 22.5. The number of alkyl halides is 1. The summed E-state index contributed by atoms with van der Waals surface area (Å²) in [5, 5.41) is 2.57. The third-order valence-corrected chi connectivity index (χ3v) is 7.58. The van der Waals surface area contributed by atoms with Crippen molar-refractivity contribution in [2.24, 2.45) is 5.92 Å². The summed E-state index contributed by atoms with van der Waals surface area (Å²) in [5.74, 6) is -0.0741. The van der Waals surface area contributed by atoms with Gasteiger partial charge in [0.2, 0.25) is 5.91 Å². The van der Waals surface area contributed by atoms with Gasteiger partial charge in [0.05, 0.1) is 42.8 Å². The van der Waals surface area contributed by atoms with E-state index in [1.807, 2.05) is 65.8 Å². The number of benzene rings is 1. The SMILES string of the molecule is COC(=O)N[C@H](C(=O)N1C[C@H](F)C[C@H]1c1ncc(-c2ccc(B3OC(C)(C)C(C)(C)O3)cc2)[nH]1)C(C)C. The zero-order chi connectivity index (χ0) is 27.1. The van der Waals surface area contributed by atoms with Gasteiger partial charge in [-0.2, -0.15) is 0 Å². The molecular formula is C26H36BFN4O5. The zero-order valence-corrected chi connectivity index (χ0v) is 22.5. The van der Waals surface area contributed by atoms with Crippen LogP contribution in [0.3, 0.4) is 0 Å². The molecule has 200 valence electrons. The van der Waals surface area contributed by atoms with Gasteiger partial charge in [-0.25, -0.2) is 14.2 Å². The number of alkyl carbamates (subject to hydrolysis) is 1. The van der Waals surface area contributed by atoms with Crippen LogP contribution >= 0.6 is 0 Å². The Morgan fingerprint density at radius 3 is 2.38 bits per heavy atom. The Kier molecular flexibility index (Phi) is 7.40. The van der Waals surface area contributed by atoms with Crippen LogP contribution in [0.15, 0.2) is 30.5 Å². The Bertz CT molecular complexity index is 1120. The number of imidazole rings is 1. The number of likely N-dealkylation sites (tertiary alicyclic amines) is 1. The monoisotopic (exact) mass is 514 g/mol. The van der Waals surface area contributed by atoms with E-state index in [1.54, 1.807) is 6.20 Å². The second-order valence-electron chi connectivity index (χ2n) is 11.1. The Morgan fingerprint density at radius 2 is 1.81 bits per heavy atom. The number of nitrogens with zero attached hydrogens (tertiary/aromatic N) is 2. The van der Waals surface area contributed by atoms with Crippen LogP contribution in [-0.2, 0) is 18.8 Å². The van der Waals surface area contributed by atoms with E-state index in [1.165, 1.54) is 12.0 Å². The number of nitrogens with one attached hydrogen (secondary N) is 2. The second kappa shape index (κ2) is 10.1. The maximum atomic E-state index is 14.5. The fourth-order valence-electron chi connectivity index (χ4n) is 4.62. The number of aromatic amines is 1. The lowest BCUT2D eigenvalue weighted by Crippen LogP contribution is -2.51. The molecular weight excluding hydrogens is 478 g/mol. The standard InChI is InChI=1S/C26H36BFN4O5/c1-15(2)21(31-24(34)35-7)23(33)32-14-18(28)12-20(32)22-29-13-19(30-22)16-8-10-17(11-9-16)27-36-25(3,4)26(5,6)37-27/h8-11,13,15,18,20-21H,12,14H2,1-7H3,(H,29,30)(H,31,34)/t18-,20+,21+/m1/s1. The smallest absolute Gasteiger partial charge is 0.453 e. The summed E-state index contributed by atoms with van der Waals surface area (Å²) in [4.78, 5) is 34.3. The molecule has 9 nitrogen and oxygen atoms in total. The van der Waals surface area contributed by atoms with E-state index in [0.29, 0.717) is 5.82 Å². The number of aromatic nitrogens is 2. The number of H-pyrrole nitrogens is 1. The first kappa shape index (κ1) is 27.1. The first-order chi connectivity index (χ1) is 17.3. The Morgan fingerprint density at radius 1 is 1.19 bits per heavy atom. The average molecular weight is 514 g/mol. The molecule has 2 amide bonds. The highest BCUT2D eigenvalue weighted by Crippen LogP contribution is 2.37. The fraction of sp³-hybridized carbons (Fsp3) is 0.577. The minimum Gasteiger partial charge on any atom is -0.453 e. The number of halogens is 1. The molecule has 2 aliphatic rings. The normalized spacial score (nSPS) is 23.4. The number of methoxy groups -OCH3 is 1. The van der Waals surface area contributed by atoms with Gasteiger partial charge in [-0.3, -0.25) is 4.79 Å². The number of amides is 2. The van der Waals surface area contributed by atoms with E-state index < -0.39 is 42.7 Å². The van der Waals surface area contributed by atoms with Gasteiger partial charge in [0.1, 0.15) is 18.0 Å². The van der Waals surface area contributed by atoms with E-state index >= 15 is 0 Å². The van der Waals surface area contributed by atoms with Crippen LogP contribution < -0.4 is 10.8 Å². The van der Waals surface area contributed by atoms with Crippen LogP contribution in [0.4, 0.5) is 9.18 Å². The van der Waals surface area contributed by atoms with E-state index in [4.69, 9.17) is 9.31 Å². The number of hydrogen-bond acceptors (Lipinski definition) is 6. The topological polar surface area (TPSA) is 106 Å². The molecule has 0 radical (unpaired) electrons. The molecule has 0 saturated carbocycles. The molecule has 11 heteroatoms. The molecule has 2 N–H and O–H groups in total. The highest BCUT2D eigenvalue weighted by atomic mass is 19.1. The average Bonchev–Trinajstić information content (AvgIpc) is 3.52. The molecule has 0 aliphatic carbocycles. The van der Waals surface area contributed by atoms with Gasteiger partial charge in [-0.05, 0) is 44.6 Å². The largest absolute Gasteiger partial charge is 0.494 e. The third-order valence-electron chi connectivity index (χ3n) is 7.58. The molecule has 3 atom stereocenters. The molecule has 2 saturated heterocycles. The third kappa shape index (κ3) is 5.38. The van der Waals surface area contributed by atoms with Gasteiger partial charge in [0.25, 0.3) is 0 Å². The summed E-state index contributed by atoms with van der Waals surface area (Å²) in [6.07, 6.45) is -0.0840. The number of rotatable bonds is 6. The number of carbonyl (C=O) groups excluding carboxylic acids is 2. The first-order valence-electron chi connectivity index (χ1n) is 12.6. The highest BCUT2D eigenvalue weighted by molar-refractivity contribution is 6.62. The van der Waals surface area contributed by atoms with Crippen LogP contribution in [0.5, 0.6) is 0 Å². The van der Waals surface area contributed by atoms with Gasteiger partial charge < -0.3 is 29.2 Å². The summed E-state index contributed by atoms with van der Waals surface area (Å²) in [6, 6.07) is 6.39. The highest BCUT2D eigenvalue weighted by Gasteiger charge is 2.51. The van der Waals surface area contributed by atoms with E-state index in [-0.39, 0.29) is 24.8 Å². The lowest BCUT2D eigenvalue weighted by molar-refractivity contribution is -0.135. The molecule has 3 heterocycles. The minimum atomic E-state index is -1.19. The molecule has 0 bridgehead atoms. The van der Waals surface area contributed by atoms with Crippen molar-refractivity contribution < 1.29 is 28.0 Å². The van der Waals surface area contributed by atoms with Crippen LogP contribution in [0.2, 0.25) is 0 Å². The molecule has 0 spiro atoms. The van der Waals surface area contributed by atoms with Gasteiger partial charge in [-0.1, -0.05) is 38.1 Å². The summed E-state index contributed by atoms with van der Waals surface area (Å²) < 4.78 is 31.4. The molecule has 1 aromatic carbocycles. The fourth-order valence-corrected chi connectivity index (χ4v) is 4.62. The van der Waals surface area contributed by atoms with Crippen molar-refractivity contribution in [2.45, 2.75) is 77.4 Å². The van der Waals surface area contributed by atoms with E-state index in [0.717, 1.165) is 16.7 Å². The van der Waals surface area contributed by atoms with Gasteiger partial charge in [0, 0.05) is 6.42 Å². The molecule has 2 aliphatic heterocycles. The second-order valence-corrected chi connectivity index (χ2v) is 11.1. The molecule has 2 fully saturated rings.